The van der Waals surface area contributed by atoms with Crippen molar-refractivity contribution in [1.29, 1.82) is 0 Å². The Morgan fingerprint density at radius 2 is 1.71 bits per heavy atom. The minimum atomic E-state index is -0.988. The fourth-order valence-corrected chi connectivity index (χ4v) is 2.00. The number of rotatable bonds is 5. The molecule has 0 unspecified atom stereocenters. The Balaban J connectivity index is 2.16. The third-order valence-corrected chi connectivity index (χ3v) is 3.14. The molecule has 3 N–H and O–H groups in total. The summed E-state index contributed by atoms with van der Waals surface area (Å²) in [6, 6.07) is 13.9. The first-order valence-electron chi connectivity index (χ1n) is 6.56. The number of aliphatic carboxylic acids is 1. The van der Waals surface area contributed by atoms with E-state index in [2.05, 4.69) is 0 Å². The Bertz CT molecular complexity index is 660. The lowest BCUT2D eigenvalue weighted by atomic mass is 10.0. The van der Waals surface area contributed by atoms with Gasteiger partial charge in [0.05, 0.1) is 0 Å². The summed E-state index contributed by atoms with van der Waals surface area (Å²) in [5.41, 5.74) is 1.86. The molecule has 2 aromatic rings. The molecule has 0 bridgehead atoms. The standard InChI is InChI=1S/C17H16O4/c18-15-9-7-13(11-16(15)19)10-14(17(20)21)8-6-12-4-2-1-3-5-12/h1-5,7,9-11,18-19H,6,8H2,(H,20,21)/b14-10-. The lowest BCUT2D eigenvalue weighted by molar-refractivity contribution is -0.132. The number of hydrogen-bond acceptors (Lipinski definition) is 3. The van der Waals surface area contributed by atoms with Crippen LogP contribution in [0.3, 0.4) is 0 Å². The Kier molecular flexibility index (Phi) is 4.61. The molecule has 0 atom stereocenters. The van der Waals surface area contributed by atoms with Crippen LogP contribution in [0.25, 0.3) is 6.08 Å². The monoisotopic (exact) mass is 284 g/mol. The topological polar surface area (TPSA) is 77.8 Å². The van der Waals surface area contributed by atoms with Gasteiger partial charge in [0.15, 0.2) is 11.5 Å². The average molecular weight is 284 g/mol. The molecule has 0 radical (unpaired) electrons. The van der Waals surface area contributed by atoms with E-state index in [9.17, 15) is 20.1 Å². The molecule has 21 heavy (non-hydrogen) atoms. The van der Waals surface area contributed by atoms with E-state index < -0.39 is 5.97 Å². The van der Waals surface area contributed by atoms with E-state index in [0.29, 0.717) is 18.4 Å². The summed E-state index contributed by atoms with van der Waals surface area (Å²) in [5.74, 6) is -1.48. The SMILES string of the molecule is O=C(O)/C(=C\c1ccc(O)c(O)c1)CCc1ccccc1. The highest BCUT2D eigenvalue weighted by molar-refractivity contribution is 5.92. The van der Waals surface area contributed by atoms with Crippen LogP contribution in [-0.4, -0.2) is 21.3 Å². The Morgan fingerprint density at radius 1 is 1.00 bits per heavy atom. The van der Waals surface area contributed by atoms with Crippen molar-refractivity contribution >= 4 is 12.0 Å². The highest BCUT2D eigenvalue weighted by atomic mass is 16.4. The molecule has 0 aliphatic carbocycles. The zero-order valence-electron chi connectivity index (χ0n) is 11.4. The van der Waals surface area contributed by atoms with Crippen LogP contribution in [0.15, 0.2) is 54.1 Å². The van der Waals surface area contributed by atoms with Gasteiger partial charge < -0.3 is 15.3 Å². The first kappa shape index (κ1) is 14.7. The fraction of sp³-hybridized carbons (Fsp3) is 0.118. The molecule has 0 aliphatic rings. The van der Waals surface area contributed by atoms with Gasteiger partial charge in [-0.3, -0.25) is 0 Å². The second kappa shape index (κ2) is 6.61. The van der Waals surface area contributed by atoms with Crippen LogP contribution < -0.4 is 0 Å². The molecule has 0 saturated heterocycles. The lowest BCUT2D eigenvalue weighted by Gasteiger charge is -2.04. The third-order valence-electron chi connectivity index (χ3n) is 3.14. The van der Waals surface area contributed by atoms with E-state index in [0.717, 1.165) is 5.56 Å². The average Bonchev–Trinajstić information content (AvgIpc) is 2.48. The van der Waals surface area contributed by atoms with E-state index in [4.69, 9.17) is 0 Å². The predicted octanol–water partition coefficient (Wildman–Crippen LogP) is 3.20. The Labute approximate surface area is 122 Å². The van der Waals surface area contributed by atoms with E-state index >= 15 is 0 Å². The molecule has 0 amide bonds. The van der Waals surface area contributed by atoms with Gasteiger partial charge in [0, 0.05) is 5.57 Å². The van der Waals surface area contributed by atoms with Gasteiger partial charge in [-0.1, -0.05) is 36.4 Å². The van der Waals surface area contributed by atoms with Crippen LogP contribution in [-0.2, 0) is 11.2 Å². The van der Waals surface area contributed by atoms with Crippen LogP contribution >= 0.6 is 0 Å². The quantitative estimate of drug-likeness (QED) is 0.582. The lowest BCUT2D eigenvalue weighted by Crippen LogP contribution is -2.02. The zero-order valence-corrected chi connectivity index (χ0v) is 11.4. The van der Waals surface area contributed by atoms with Gasteiger partial charge in [-0.15, -0.1) is 0 Å². The Morgan fingerprint density at radius 3 is 2.33 bits per heavy atom. The summed E-state index contributed by atoms with van der Waals surface area (Å²) in [7, 11) is 0. The summed E-state index contributed by atoms with van der Waals surface area (Å²) >= 11 is 0. The van der Waals surface area contributed by atoms with Gasteiger partial charge in [-0.2, -0.15) is 0 Å². The van der Waals surface area contributed by atoms with E-state index in [1.54, 1.807) is 6.07 Å². The van der Waals surface area contributed by atoms with Crippen molar-refractivity contribution in [3.8, 4) is 11.5 Å². The first-order chi connectivity index (χ1) is 10.1. The number of phenols is 2. The van der Waals surface area contributed by atoms with E-state index in [-0.39, 0.29) is 17.1 Å². The van der Waals surface area contributed by atoms with Crippen LogP contribution in [0.4, 0.5) is 0 Å². The van der Waals surface area contributed by atoms with Gasteiger partial charge in [-0.05, 0) is 42.2 Å². The minimum Gasteiger partial charge on any atom is -0.504 e. The maximum Gasteiger partial charge on any atom is 0.331 e. The van der Waals surface area contributed by atoms with Crippen LogP contribution in [0.2, 0.25) is 0 Å². The molecule has 108 valence electrons. The summed E-state index contributed by atoms with van der Waals surface area (Å²) in [5, 5.41) is 27.9. The van der Waals surface area contributed by atoms with E-state index in [1.165, 1.54) is 18.2 Å². The van der Waals surface area contributed by atoms with Crippen LogP contribution in [0.5, 0.6) is 11.5 Å². The normalized spacial score (nSPS) is 11.3. The maximum atomic E-state index is 11.3. The van der Waals surface area contributed by atoms with Crippen molar-refractivity contribution in [2.24, 2.45) is 0 Å². The number of benzene rings is 2. The molecule has 0 fully saturated rings. The smallest absolute Gasteiger partial charge is 0.331 e. The van der Waals surface area contributed by atoms with E-state index in [1.807, 2.05) is 30.3 Å². The number of aryl methyl sites for hydroxylation is 1. The molecule has 4 heteroatoms. The predicted molar refractivity (Wildman–Crippen MR) is 80.1 cm³/mol. The first-order valence-corrected chi connectivity index (χ1v) is 6.56. The molecule has 0 spiro atoms. The van der Waals surface area contributed by atoms with Crippen molar-refractivity contribution in [2.45, 2.75) is 12.8 Å². The molecular weight excluding hydrogens is 268 g/mol. The highest BCUT2D eigenvalue weighted by Gasteiger charge is 2.08. The van der Waals surface area contributed by atoms with Gasteiger partial charge in [-0.25, -0.2) is 4.79 Å². The molecule has 0 heterocycles. The van der Waals surface area contributed by atoms with Gasteiger partial charge in [0.1, 0.15) is 0 Å². The molecule has 0 aliphatic heterocycles. The second-order valence-electron chi connectivity index (χ2n) is 4.71. The maximum absolute atomic E-state index is 11.3. The molecule has 0 saturated carbocycles. The third kappa shape index (κ3) is 4.11. The molecule has 2 rings (SSSR count). The molecule has 0 aromatic heterocycles. The van der Waals surface area contributed by atoms with Crippen molar-refractivity contribution in [2.75, 3.05) is 0 Å². The number of phenolic OH excluding ortho intramolecular Hbond substituents is 2. The minimum absolute atomic E-state index is 0.228. The number of hydrogen-bond donors (Lipinski definition) is 3. The van der Waals surface area contributed by atoms with Gasteiger partial charge in [0.25, 0.3) is 0 Å². The zero-order chi connectivity index (χ0) is 15.2. The number of aromatic hydroxyl groups is 2. The summed E-state index contributed by atoms with van der Waals surface area (Å²) in [4.78, 5) is 11.3. The van der Waals surface area contributed by atoms with Crippen molar-refractivity contribution in [1.82, 2.24) is 0 Å². The van der Waals surface area contributed by atoms with Gasteiger partial charge >= 0.3 is 5.97 Å². The van der Waals surface area contributed by atoms with Crippen molar-refractivity contribution in [3.05, 3.63) is 65.2 Å². The largest absolute Gasteiger partial charge is 0.504 e. The number of carbonyl (C=O) groups is 1. The summed E-state index contributed by atoms with van der Waals surface area (Å²) in [6.07, 6.45) is 2.52. The highest BCUT2D eigenvalue weighted by Crippen LogP contribution is 2.26. The second-order valence-corrected chi connectivity index (χ2v) is 4.71. The summed E-state index contributed by atoms with van der Waals surface area (Å²) in [6.45, 7) is 0. The van der Waals surface area contributed by atoms with Crippen molar-refractivity contribution in [3.63, 3.8) is 0 Å². The van der Waals surface area contributed by atoms with Gasteiger partial charge in [0.2, 0.25) is 0 Å². The molecular formula is C17H16O4. The summed E-state index contributed by atoms with van der Waals surface area (Å²) < 4.78 is 0. The molecule has 2 aromatic carbocycles. The number of carboxylic acid groups (broad SMARTS) is 1. The fourth-order valence-electron chi connectivity index (χ4n) is 2.00. The van der Waals surface area contributed by atoms with Crippen LogP contribution in [0.1, 0.15) is 17.5 Å². The number of carboxylic acids is 1. The molecule has 4 nitrogen and oxygen atoms in total. The Hall–Kier alpha value is -2.75. The van der Waals surface area contributed by atoms with Crippen molar-refractivity contribution < 1.29 is 20.1 Å². The van der Waals surface area contributed by atoms with Crippen LogP contribution in [0, 0.1) is 0 Å².